The number of carbonyl (C=O) groups excluding carboxylic acids is 1. The maximum absolute atomic E-state index is 13.9. The molecular weight excluding hydrogens is 533 g/mol. The van der Waals surface area contributed by atoms with Crippen molar-refractivity contribution >= 4 is 44.3 Å². The minimum absolute atomic E-state index is 0.137. The molecule has 0 atom stereocenters. The van der Waals surface area contributed by atoms with Crippen LogP contribution in [0.2, 0.25) is 5.02 Å². The number of hydrogen-bond donors (Lipinski definition) is 0. The van der Waals surface area contributed by atoms with Gasteiger partial charge in [0.25, 0.3) is 10.0 Å². The predicted molar refractivity (Wildman–Crippen MR) is 131 cm³/mol. The fourth-order valence-electron chi connectivity index (χ4n) is 3.82. The third-order valence-electron chi connectivity index (χ3n) is 5.69. The van der Waals surface area contributed by atoms with Gasteiger partial charge in [0.2, 0.25) is 0 Å². The van der Waals surface area contributed by atoms with E-state index in [4.69, 9.17) is 11.6 Å². The first kappa shape index (κ1) is 26.4. The lowest BCUT2D eigenvalue weighted by Gasteiger charge is -2.26. The highest BCUT2D eigenvalue weighted by molar-refractivity contribution is 7.92. The quantitative estimate of drug-likeness (QED) is 0.308. The average Bonchev–Trinajstić information content (AvgIpc) is 3.21. The number of anilines is 1. The zero-order valence-corrected chi connectivity index (χ0v) is 21.3. The number of rotatable bonds is 6. The monoisotopic (exact) mass is 552 g/mol. The van der Waals surface area contributed by atoms with Gasteiger partial charge >= 0.3 is 12.1 Å². The molecule has 2 heterocycles. The minimum Gasteiger partial charge on any atom is -0.465 e. The van der Waals surface area contributed by atoms with Crippen LogP contribution in [-0.2, 0) is 34.5 Å². The van der Waals surface area contributed by atoms with Crippen molar-refractivity contribution in [3.8, 4) is 0 Å². The van der Waals surface area contributed by atoms with E-state index in [2.05, 4.69) is 14.8 Å². The van der Waals surface area contributed by atoms with E-state index in [0.29, 0.717) is 17.8 Å². The van der Waals surface area contributed by atoms with Crippen molar-refractivity contribution in [1.29, 1.82) is 0 Å². The number of aromatic nitrogens is 3. The van der Waals surface area contributed by atoms with Crippen LogP contribution in [0, 0.1) is 6.92 Å². The van der Waals surface area contributed by atoms with Crippen molar-refractivity contribution in [3.05, 3.63) is 82.1 Å². The number of hydrogen-bond acceptors (Lipinski definition) is 6. The lowest BCUT2D eigenvalue weighted by molar-refractivity contribution is -0.137. The molecule has 0 amide bonds. The number of pyridine rings is 1. The van der Waals surface area contributed by atoms with E-state index >= 15 is 0 Å². The molecule has 8 nitrogen and oxygen atoms in total. The van der Waals surface area contributed by atoms with Gasteiger partial charge in [0.05, 0.1) is 46.4 Å². The Morgan fingerprint density at radius 3 is 2.49 bits per heavy atom. The van der Waals surface area contributed by atoms with Gasteiger partial charge in [0.1, 0.15) is 0 Å². The van der Waals surface area contributed by atoms with Gasteiger partial charge in [0, 0.05) is 18.6 Å². The molecule has 0 fully saturated rings. The predicted octanol–water partition coefficient (Wildman–Crippen LogP) is 5.13. The minimum atomic E-state index is -4.72. The number of fused-ring (bicyclic) bond motifs is 1. The second kappa shape index (κ2) is 9.67. The van der Waals surface area contributed by atoms with Gasteiger partial charge in [-0.05, 0) is 54.4 Å². The van der Waals surface area contributed by atoms with E-state index in [9.17, 15) is 26.4 Å². The van der Waals surface area contributed by atoms with E-state index in [1.54, 1.807) is 36.1 Å². The van der Waals surface area contributed by atoms with Gasteiger partial charge < -0.3 is 4.74 Å². The first-order valence-corrected chi connectivity index (χ1v) is 12.5. The summed E-state index contributed by atoms with van der Waals surface area (Å²) in [4.78, 5) is 15.5. The van der Waals surface area contributed by atoms with Crippen LogP contribution >= 0.6 is 11.6 Å². The molecule has 0 aliphatic carbocycles. The van der Waals surface area contributed by atoms with Crippen LogP contribution in [0.25, 0.3) is 10.9 Å². The Balaban J connectivity index is 1.85. The largest absolute Gasteiger partial charge is 0.465 e. The molecule has 0 radical (unpaired) electrons. The highest BCUT2D eigenvalue weighted by atomic mass is 35.5. The Kier molecular flexibility index (Phi) is 6.91. The van der Waals surface area contributed by atoms with Crippen LogP contribution in [0.4, 0.5) is 19.0 Å². The lowest BCUT2D eigenvalue weighted by atomic mass is 10.1. The van der Waals surface area contributed by atoms with Crippen LogP contribution in [0.5, 0.6) is 0 Å². The van der Waals surface area contributed by atoms with Crippen LogP contribution in [0.1, 0.15) is 27.0 Å². The second-order valence-corrected chi connectivity index (χ2v) is 10.4. The molecule has 0 aliphatic heterocycles. The molecule has 2 aromatic carbocycles. The Morgan fingerprint density at radius 2 is 1.86 bits per heavy atom. The van der Waals surface area contributed by atoms with Crippen LogP contribution in [0.3, 0.4) is 0 Å². The number of ether oxygens (including phenoxy) is 1. The van der Waals surface area contributed by atoms with Crippen molar-refractivity contribution in [3.63, 3.8) is 0 Å². The first-order chi connectivity index (χ1) is 17.3. The van der Waals surface area contributed by atoms with Gasteiger partial charge in [-0.3, -0.25) is 4.68 Å². The third kappa shape index (κ3) is 5.12. The van der Waals surface area contributed by atoms with Gasteiger partial charge in [-0.1, -0.05) is 17.7 Å². The fourth-order valence-corrected chi connectivity index (χ4v) is 5.78. The third-order valence-corrected chi connectivity index (χ3v) is 7.86. The Bertz CT molecular complexity index is 1620. The number of nitrogens with zero attached hydrogens (tertiary/aromatic N) is 4. The highest BCUT2D eigenvalue weighted by Gasteiger charge is 2.34. The summed E-state index contributed by atoms with van der Waals surface area (Å²) in [5.41, 5.74) is 0.564. The van der Waals surface area contributed by atoms with Crippen molar-refractivity contribution in [1.82, 2.24) is 14.8 Å². The molecule has 0 bridgehead atoms. The maximum atomic E-state index is 13.9. The van der Waals surface area contributed by atoms with E-state index in [1.807, 2.05) is 0 Å². The summed E-state index contributed by atoms with van der Waals surface area (Å²) in [6.45, 7) is 1.20. The molecule has 13 heteroatoms. The summed E-state index contributed by atoms with van der Waals surface area (Å²) in [5.74, 6) is -1.03. The number of esters is 1. The average molecular weight is 553 g/mol. The fraction of sp³-hybridized carbons (Fsp3) is 0.208. The summed E-state index contributed by atoms with van der Waals surface area (Å²) in [6, 6.07) is 9.64. The Morgan fingerprint density at radius 1 is 1.14 bits per heavy atom. The molecule has 0 spiro atoms. The van der Waals surface area contributed by atoms with Crippen molar-refractivity contribution in [2.24, 2.45) is 7.05 Å². The smallest absolute Gasteiger partial charge is 0.417 e. The van der Waals surface area contributed by atoms with Crippen LogP contribution in [-0.4, -0.2) is 36.3 Å². The van der Waals surface area contributed by atoms with Crippen molar-refractivity contribution < 1.29 is 31.1 Å². The molecular formula is C24H20ClF3N4O4S. The normalized spacial score (nSPS) is 12.1. The number of benzene rings is 2. The van der Waals surface area contributed by atoms with Gasteiger partial charge in [0.15, 0.2) is 5.82 Å². The second-order valence-electron chi connectivity index (χ2n) is 8.17. The molecule has 0 unspecified atom stereocenters. The van der Waals surface area contributed by atoms with Crippen LogP contribution in [0.15, 0.2) is 59.8 Å². The Labute approximate surface area is 215 Å². The maximum Gasteiger partial charge on any atom is 0.417 e. The molecule has 4 rings (SSSR count). The number of sulfonamides is 1. The van der Waals surface area contributed by atoms with E-state index in [0.717, 1.165) is 15.2 Å². The number of carbonyl (C=O) groups is 1. The summed E-state index contributed by atoms with van der Waals surface area (Å²) >= 11 is 6.17. The highest BCUT2D eigenvalue weighted by Crippen LogP contribution is 2.36. The summed E-state index contributed by atoms with van der Waals surface area (Å²) < 4.78 is 74.5. The van der Waals surface area contributed by atoms with E-state index in [1.165, 1.54) is 32.2 Å². The van der Waals surface area contributed by atoms with E-state index in [-0.39, 0.29) is 28.4 Å². The van der Waals surface area contributed by atoms with Gasteiger partial charge in [-0.25, -0.2) is 22.5 Å². The molecule has 0 saturated carbocycles. The number of aryl methyl sites for hydroxylation is 2. The topological polar surface area (TPSA) is 94.4 Å². The lowest BCUT2D eigenvalue weighted by Crippen LogP contribution is -2.32. The Hall–Kier alpha value is -3.64. The van der Waals surface area contributed by atoms with Crippen LogP contribution < -0.4 is 4.31 Å². The van der Waals surface area contributed by atoms with Gasteiger partial charge in [-0.15, -0.1) is 0 Å². The molecule has 0 aliphatic rings. The molecule has 4 aromatic rings. The van der Waals surface area contributed by atoms with Gasteiger partial charge in [-0.2, -0.15) is 18.3 Å². The van der Waals surface area contributed by atoms with Crippen molar-refractivity contribution in [2.75, 3.05) is 11.4 Å². The summed E-state index contributed by atoms with van der Waals surface area (Å²) in [7, 11) is -1.47. The number of halogens is 4. The van der Waals surface area contributed by atoms with Crippen molar-refractivity contribution in [2.45, 2.75) is 24.5 Å². The van der Waals surface area contributed by atoms with E-state index < -0.39 is 32.8 Å². The molecule has 37 heavy (non-hydrogen) atoms. The zero-order valence-electron chi connectivity index (χ0n) is 19.7. The zero-order chi connectivity index (χ0) is 27.1. The molecule has 194 valence electrons. The molecule has 0 N–H and O–H groups in total. The summed E-state index contributed by atoms with van der Waals surface area (Å²) in [6.07, 6.45) is -2.58. The molecule has 2 aromatic heterocycles. The number of methoxy groups -OCH3 is 1. The summed E-state index contributed by atoms with van der Waals surface area (Å²) in [5, 5.41) is 4.41. The number of alkyl halides is 3. The standard InChI is InChI=1S/C24H20ClF3N4O4S/c1-14-8-16(23(33)36-3)5-7-21(14)37(34,35)32(22-19(25)10-18(12-29-22)24(26,27)28)13-15-4-6-20-17(9-15)11-30-31(20)2/h4-12H,13H2,1-3H3. The SMILES string of the molecule is COC(=O)c1ccc(S(=O)(=O)N(Cc2ccc3c(cnn3C)c2)c2ncc(C(F)(F)F)cc2Cl)c(C)c1. The first-order valence-electron chi connectivity index (χ1n) is 10.7. The molecule has 0 saturated heterocycles.